The standard InChI is InChI=1S/C26H34BrN3O2/c1-26(2,17-28)18-30(25(32)20-8-4-3-5-9-20)16-19-12-14-21(15-13-19)29-24(31)22-10-6-7-11-23(22)27/h6-7,10-15,20H,3-5,8-9,16-18,28H2,1-2H3,(H,29,31). The summed E-state index contributed by atoms with van der Waals surface area (Å²) in [5, 5.41) is 2.94. The second-order valence-corrected chi connectivity index (χ2v) is 10.4. The lowest BCUT2D eigenvalue weighted by Gasteiger charge is -2.35. The number of halogens is 1. The molecule has 0 saturated heterocycles. The summed E-state index contributed by atoms with van der Waals surface area (Å²) in [5.41, 5.74) is 8.19. The van der Waals surface area contributed by atoms with Crippen molar-refractivity contribution < 1.29 is 9.59 Å². The number of rotatable bonds is 8. The van der Waals surface area contributed by atoms with Crippen molar-refractivity contribution in [1.29, 1.82) is 0 Å². The van der Waals surface area contributed by atoms with Gasteiger partial charge in [0.25, 0.3) is 5.91 Å². The van der Waals surface area contributed by atoms with Crippen LogP contribution in [-0.2, 0) is 11.3 Å². The number of anilines is 1. The normalized spacial score (nSPS) is 14.8. The molecule has 1 saturated carbocycles. The van der Waals surface area contributed by atoms with Gasteiger partial charge in [0, 0.05) is 29.2 Å². The summed E-state index contributed by atoms with van der Waals surface area (Å²) in [4.78, 5) is 27.9. The van der Waals surface area contributed by atoms with Crippen LogP contribution in [0.1, 0.15) is 61.9 Å². The number of hydrogen-bond donors (Lipinski definition) is 2. The number of hydrogen-bond acceptors (Lipinski definition) is 3. The Morgan fingerprint density at radius 2 is 1.72 bits per heavy atom. The average molecular weight is 500 g/mol. The molecule has 32 heavy (non-hydrogen) atoms. The van der Waals surface area contributed by atoms with Gasteiger partial charge in [-0.1, -0.05) is 57.4 Å². The maximum Gasteiger partial charge on any atom is 0.256 e. The van der Waals surface area contributed by atoms with Gasteiger partial charge in [-0.05, 0) is 70.6 Å². The molecule has 0 bridgehead atoms. The molecule has 0 radical (unpaired) electrons. The van der Waals surface area contributed by atoms with Gasteiger partial charge < -0.3 is 16.0 Å². The first-order chi connectivity index (χ1) is 15.3. The van der Waals surface area contributed by atoms with E-state index < -0.39 is 0 Å². The molecule has 1 aliphatic carbocycles. The third kappa shape index (κ3) is 6.66. The van der Waals surface area contributed by atoms with E-state index in [1.54, 1.807) is 6.07 Å². The van der Waals surface area contributed by atoms with E-state index in [4.69, 9.17) is 5.73 Å². The minimum Gasteiger partial charge on any atom is -0.338 e. The fourth-order valence-corrected chi connectivity index (χ4v) is 4.62. The fourth-order valence-electron chi connectivity index (χ4n) is 4.16. The third-order valence-electron chi connectivity index (χ3n) is 6.14. The van der Waals surface area contributed by atoms with Crippen LogP contribution in [0.4, 0.5) is 5.69 Å². The Hall–Kier alpha value is -2.18. The van der Waals surface area contributed by atoms with E-state index in [9.17, 15) is 9.59 Å². The smallest absolute Gasteiger partial charge is 0.256 e. The molecule has 2 amide bonds. The molecule has 3 rings (SSSR count). The minimum absolute atomic E-state index is 0.125. The van der Waals surface area contributed by atoms with Crippen LogP contribution in [0.25, 0.3) is 0 Å². The van der Waals surface area contributed by atoms with Crippen LogP contribution in [0, 0.1) is 11.3 Å². The molecule has 0 spiro atoms. The van der Waals surface area contributed by atoms with E-state index in [0.29, 0.717) is 25.2 Å². The first-order valence-electron chi connectivity index (χ1n) is 11.4. The highest BCUT2D eigenvalue weighted by atomic mass is 79.9. The second kappa shape index (κ2) is 11.1. The topological polar surface area (TPSA) is 75.4 Å². The van der Waals surface area contributed by atoms with E-state index in [-0.39, 0.29) is 23.1 Å². The Labute approximate surface area is 199 Å². The molecule has 0 heterocycles. The number of nitrogens with one attached hydrogen (secondary N) is 1. The zero-order valence-electron chi connectivity index (χ0n) is 19.1. The van der Waals surface area contributed by atoms with Gasteiger partial charge in [0.1, 0.15) is 0 Å². The van der Waals surface area contributed by atoms with Crippen LogP contribution in [-0.4, -0.2) is 29.8 Å². The lowest BCUT2D eigenvalue weighted by atomic mass is 9.87. The van der Waals surface area contributed by atoms with Gasteiger partial charge in [0.2, 0.25) is 5.91 Å². The molecule has 2 aromatic carbocycles. The molecular weight excluding hydrogens is 466 g/mol. The number of nitrogens with zero attached hydrogens (tertiary/aromatic N) is 1. The molecule has 1 aliphatic rings. The summed E-state index contributed by atoms with van der Waals surface area (Å²) in [6.07, 6.45) is 5.47. The highest BCUT2D eigenvalue weighted by molar-refractivity contribution is 9.10. The van der Waals surface area contributed by atoms with Crippen LogP contribution < -0.4 is 11.1 Å². The van der Waals surface area contributed by atoms with Crippen molar-refractivity contribution in [3.63, 3.8) is 0 Å². The minimum atomic E-state index is -0.163. The Bertz CT molecular complexity index is 921. The average Bonchev–Trinajstić information content (AvgIpc) is 2.80. The molecule has 1 fully saturated rings. The Kier molecular flexibility index (Phi) is 8.49. The number of amides is 2. The summed E-state index contributed by atoms with van der Waals surface area (Å²) in [6.45, 7) is 5.93. The molecule has 2 aromatic rings. The Morgan fingerprint density at radius 3 is 2.34 bits per heavy atom. The van der Waals surface area contributed by atoms with E-state index in [0.717, 1.165) is 41.4 Å². The highest BCUT2D eigenvalue weighted by Gasteiger charge is 2.29. The van der Waals surface area contributed by atoms with Gasteiger partial charge in [-0.2, -0.15) is 0 Å². The summed E-state index contributed by atoms with van der Waals surface area (Å²) in [7, 11) is 0. The number of carbonyl (C=O) groups is 2. The highest BCUT2D eigenvalue weighted by Crippen LogP contribution is 2.28. The summed E-state index contributed by atoms with van der Waals surface area (Å²) in [6, 6.07) is 15.1. The van der Waals surface area contributed by atoms with Crippen molar-refractivity contribution in [2.45, 2.75) is 52.5 Å². The lowest BCUT2D eigenvalue weighted by molar-refractivity contribution is -0.138. The monoisotopic (exact) mass is 499 g/mol. The molecule has 0 aromatic heterocycles. The van der Waals surface area contributed by atoms with Crippen LogP contribution in [0.5, 0.6) is 0 Å². The Balaban J connectivity index is 1.69. The first-order valence-corrected chi connectivity index (χ1v) is 12.2. The fraction of sp³-hybridized carbons (Fsp3) is 0.462. The second-order valence-electron chi connectivity index (χ2n) is 9.53. The van der Waals surface area contributed by atoms with Gasteiger partial charge in [-0.25, -0.2) is 0 Å². The van der Waals surface area contributed by atoms with E-state index in [2.05, 4.69) is 35.1 Å². The van der Waals surface area contributed by atoms with E-state index in [1.165, 1.54) is 6.42 Å². The van der Waals surface area contributed by atoms with Crippen LogP contribution in [0.3, 0.4) is 0 Å². The predicted molar refractivity (Wildman–Crippen MR) is 133 cm³/mol. The lowest BCUT2D eigenvalue weighted by Crippen LogP contribution is -2.44. The van der Waals surface area contributed by atoms with Gasteiger partial charge in [-0.15, -0.1) is 0 Å². The van der Waals surface area contributed by atoms with Gasteiger partial charge in [-0.3, -0.25) is 9.59 Å². The van der Waals surface area contributed by atoms with Crippen LogP contribution in [0.2, 0.25) is 0 Å². The molecule has 3 N–H and O–H groups in total. The van der Waals surface area contributed by atoms with Crippen LogP contribution in [0.15, 0.2) is 53.0 Å². The third-order valence-corrected chi connectivity index (χ3v) is 6.83. The summed E-state index contributed by atoms with van der Waals surface area (Å²) < 4.78 is 0.758. The predicted octanol–water partition coefficient (Wildman–Crippen LogP) is 5.60. The molecular formula is C26H34BrN3O2. The van der Waals surface area contributed by atoms with Crippen molar-refractivity contribution in [2.75, 3.05) is 18.4 Å². The van der Waals surface area contributed by atoms with Crippen molar-refractivity contribution in [3.8, 4) is 0 Å². The van der Waals surface area contributed by atoms with Gasteiger partial charge in [0.05, 0.1) is 5.56 Å². The van der Waals surface area contributed by atoms with Crippen LogP contribution >= 0.6 is 15.9 Å². The first kappa shape index (κ1) is 24.5. The quantitative estimate of drug-likeness (QED) is 0.496. The maximum absolute atomic E-state index is 13.3. The summed E-state index contributed by atoms with van der Waals surface area (Å²) in [5.74, 6) is 0.210. The largest absolute Gasteiger partial charge is 0.338 e. The Morgan fingerprint density at radius 1 is 1.06 bits per heavy atom. The maximum atomic E-state index is 13.3. The number of carbonyl (C=O) groups excluding carboxylic acids is 2. The molecule has 0 unspecified atom stereocenters. The molecule has 6 heteroatoms. The summed E-state index contributed by atoms with van der Waals surface area (Å²) >= 11 is 3.42. The zero-order chi connectivity index (χ0) is 23.1. The van der Waals surface area contributed by atoms with Gasteiger partial charge >= 0.3 is 0 Å². The number of nitrogens with two attached hydrogens (primary N) is 1. The molecule has 5 nitrogen and oxygen atoms in total. The van der Waals surface area contributed by atoms with Crippen molar-refractivity contribution >= 4 is 33.4 Å². The van der Waals surface area contributed by atoms with Gasteiger partial charge in [0.15, 0.2) is 0 Å². The molecule has 0 atom stereocenters. The van der Waals surface area contributed by atoms with Crippen molar-refractivity contribution in [3.05, 3.63) is 64.1 Å². The van der Waals surface area contributed by atoms with E-state index in [1.807, 2.05) is 47.4 Å². The SMILES string of the molecule is CC(C)(CN)CN(Cc1ccc(NC(=O)c2ccccc2Br)cc1)C(=O)C1CCCCC1. The van der Waals surface area contributed by atoms with Crippen molar-refractivity contribution in [1.82, 2.24) is 4.90 Å². The van der Waals surface area contributed by atoms with Crippen molar-refractivity contribution in [2.24, 2.45) is 17.1 Å². The molecule has 172 valence electrons. The van der Waals surface area contributed by atoms with E-state index >= 15 is 0 Å². The zero-order valence-corrected chi connectivity index (χ0v) is 20.7. The molecule has 0 aliphatic heterocycles. The number of benzene rings is 2.